The Kier molecular flexibility index (Phi) is 6.02. The monoisotopic (exact) mass is 356 g/mol. The number of nitrogens with zero attached hydrogens (tertiary/aromatic N) is 1. The molecule has 0 spiro atoms. The van der Waals surface area contributed by atoms with E-state index in [2.05, 4.69) is 5.32 Å². The average molecular weight is 356 g/mol. The summed E-state index contributed by atoms with van der Waals surface area (Å²) in [5.41, 5.74) is -0.439. The SMILES string of the molecule is CC(=O)N[C@H](CC(=O)N1CCOC[C@H]1C(=O)O)c1c(F)cccc1F. The summed E-state index contributed by atoms with van der Waals surface area (Å²) < 4.78 is 33.1. The highest BCUT2D eigenvalue weighted by Crippen LogP contribution is 2.25. The number of carboxylic acid groups (broad SMARTS) is 1. The van der Waals surface area contributed by atoms with Gasteiger partial charge in [-0.25, -0.2) is 13.6 Å². The number of amides is 2. The van der Waals surface area contributed by atoms with Crippen molar-refractivity contribution in [3.8, 4) is 0 Å². The highest BCUT2D eigenvalue weighted by Gasteiger charge is 2.34. The van der Waals surface area contributed by atoms with Crippen molar-refractivity contribution in [2.24, 2.45) is 0 Å². The van der Waals surface area contributed by atoms with Crippen molar-refractivity contribution in [1.29, 1.82) is 0 Å². The number of aliphatic carboxylic acids is 1. The maximum Gasteiger partial charge on any atom is 0.328 e. The van der Waals surface area contributed by atoms with Crippen molar-refractivity contribution >= 4 is 17.8 Å². The predicted molar refractivity (Wildman–Crippen MR) is 81.5 cm³/mol. The molecule has 0 aliphatic carbocycles. The van der Waals surface area contributed by atoms with E-state index in [1.54, 1.807) is 0 Å². The molecule has 0 aromatic heterocycles. The molecule has 0 saturated carbocycles. The van der Waals surface area contributed by atoms with E-state index < -0.39 is 53.5 Å². The first-order valence-corrected chi connectivity index (χ1v) is 7.62. The first-order chi connectivity index (χ1) is 11.8. The van der Waals surface area contributed by atoms with E-state index >= 15 is 0 Å². The Labute approximate surface area is 142 Å². The standard InChI is InChI=1S/C16H18F2N2O5/c1-9(21)19-12(15-10(17)3-2-4-11(15)18)7-14(22)20-5-6-25-8-13(20)16(23)24/h2-4,12-13H,5-8H2,1H3,(H,19,21)(H,23,24)/t12-,13+/m1/s1. The van der Waals surface area contributed by atoms with Gasteiger partial charge in [-0.3, -0.25) is 9.59 Å². The molecular weight excluding hydrogens is 338 g/mol. The molecule has 1 aliphatic heterocycles. The third kappa shape index (κ3) is 4.50. The summed E-state index contributed by atoms with van der Waals surface area (Å²) in [6.45, 7) is 1.20. The van der Waals surface area contributed by atoms with Crippen LogP contribution in [0, 0.1) is 11.6 Å². The van der Waals surface area contributed by atoms with Crippen LogP contribution >= 0.6 is 0 Å². The molecule has 136 valence electrons. The van der Waals surface area contributed by atoms with Crippen LogP contribution in [-0.2, 0) is 19.1 Å². The van der Waals surface area contributed by atoms with Crippen LogP contribution in [0.4, 0.5) is 8.78 Å². The zero-order valence-corrected chi connectivity index (χ0v) is 13.5. The van der Waals surface area contributed by atoms with E-state index in [4.69, 9.17) is 4.74 Å². The second-order valence-electron chi connectivity index (χ2n) is 5.61. The number of halogens is 2. The number of hydrogen-bond acceptors (Lipinski definition) is 4. The van der Waals surface area contributed by atoms with Crippen molar-refractivity contribution in [2.45, 2.75) is 25.4 Å². The number of carboxylic acids is 1. The highest BCUT2D eigenvalue weighted by atomic mass is 19.1. The van der Waals surface area contributed by atoms with Gasteiger partial charge < -0.3 is 20.1 Å². The normalized spacial score (nSPS) is 18.5. The van der Waals surface area contributed by atoms with Gasteiger partial charge in [0.15, 0.2) is 6.04 Å². The van der Waals surface area contributed by atoms with Crippen LogP contribution in [0.2, 0.25) is 0 Å². The average Bonchev–Trinajstić information content (AvgIpc) is 2.53. The molecule has 0 radical (unpaired) electrons. The smallest absolute Gasteiger partial charge is 0.328 e. The molecule has 1 aliphatic rings. The zero-order valence-electron chi connectivity index (χ0n) is 13.5. The van der Waals surface area contributed by atoms with Crippen LogP contribution in [-0.4, -0.2) is 53.6 Å². The molecule has 2 rings (SSSR count). The van der Waals surface area contributed by atoms with E-state index in [-0.39, 0.29) is 19.8 Å². The molecule has 1 aromatic rings. The fourth-order valence-corrected chi connectivity index (χ4v) is 2.71. The van der Waals surface area contributed by atoms with Crippen molar-refractivity contribution in [1.82, 2.24) is 10.2 Å². The molecule has 1 fully saturated rings. The lowest BCUT2D eigenvalue weighted by Crippen LogP contribution is -2.53. The lowest BCUT2D eigenvalue weighted by Gasteiger charge is -2.34. The quantitative estimate of drug-likeness (QED) is 0.815. The van der Waals surface area contributed by atoms with Crippen LogP contribution in [0.15, 0.2) is 18.2 Å². The molecule has 25 heavy (non-hydrogen) atoms. The summed E-state index contributed by atoms with van der Waals surface area (Å²) in [6.07, 6.45) is -0.471. The Bertz CT molecular complexity index is 662. The van der Waals surface area contributed by atoms with Crippen LogP contribution < -0.4 is 5.32 Å². The van der Waals surface area contributed by atoms with Crippen LogP contribution in [0.3, 0.4) is 0 Å². The minimum absolute atomic E-state index is 0.0440. The number of hydrogen-bond donors (Lipinski definition) is 2. The molecule has 7 nitrogen and oxygen atoms in total. The number of benzene rings is 1. The summed E-state index contributed by atoms with van der Waals surface area (Å²) in [5, 5.41) is 11.5. The molecule has 2 amide bonds. The van der Waals surface area contributed by atoms with E-state index in [0.717, 1.165) is 24.0 Å². The lowest BCUT2D eigenvalue weighted by molar-refractivity contribution is -0.158. The van der Waals surface area contributed by atoms with Gasteiger partial charge in [0, 0.05) is 19.0 Å². The number of carbonyl (C=O) groups excluding carboxylic acids is 2. The first-order valence-electron chi connectivity index (χ1n) is 7.62. The molecule has 0 unspecified atom stereocenters. The Morgan fingerprint density at radius 1 is 1.36 bits per heavy atom. The summed E-state index contributed by atoms with van der Waals surface area (Å²) in [4.78, 5) is 36.2. The number of ether oxygens (including phenoxy) is 1. The molecule has 2 N–H and O–H groups in total. The van der Waals surface area contributed by atoms with Gasteiger partial charge in [0.1, 0.15) is 11.6 Å². The molecule has 1 saturated heterocycles. The van der Waals surface area contributed by atoms with E-state index in [9.17, 15) is 28.3 Å². The minimum Gasteiger partial charge on any atom is -0.480 e. The molecule has 1 heterocycles. The molecule has 9 heteroatoms. The largest absolute Gasteiger partial charge is 0.480 e. The summed E-state index contributed by atoms with van der Waals surface area (Å²) >= 11 is 0. The summed E-state index contributed by atoms with van der Waals surface area (Å²) in [6, 6.07) is 0.788. The molecule has 0 bridgehead atoms. The Balaban J connectivity index is 2.26. The number of rotatable bonds is 5. The van der Waals surface area contributed by atoms with Crippen molar-refractivity contribution in [2.75, 3.05) is 19.8 Å². The second-order valence-corrected chi connectivity index (χ2v) is 5.61. The van der Waals surface area contributed by atoms with E-state index in [1.165, 1.54) is 6.07 Å². The third-order valence-corrected chi connectivity index (χ3v) is 3.84. The van der Waals surface area contributed by atoms with Crippen LogP contribution in [0.1, 0.15) is 24.9 Å². The Hall–Kier alpha value is -2.55. The second kappa shape index (κ2) is 8.02. The number of morpholine rings is 1. The number of nitrogens with one attached hydrogen (secondary N) is 1. The minimum atomic E-state index is -1.25. The summed E-state index contributed by atoms with van der Waals surface area (Å²) in [7, 11) is 0. The van der Waals surface area contributed by atoms with Gasteiger partial charge in [0.25, 0.3) is 0 Å². The maximum atomic E-state index is 14.0. The van der Waals surface area contributed by atoms with E-state index in [0.29, 0.717) is 0 Å². The van der Waals surface area contributed by atoms with Gasteiger partial charge in [-0.1, -0.05) is 6.07 Å². The van der Waals surface area contributed by atoms with Gasteiger partial charge in [0.05, 0.1) is 25.7 Å². The Morgan fingerprint density at radius 3 is 2.56 bits per heavy atom. The van der Waals surface area contributed by atoms with Crippen LogP contribution in [0.5, 0.6) is 0 Å². The van der Waals surface area contributed by atoms with Crippen molar-refractivity contribution in [3.05, 3.63) is 35.4 Å². The predicted octanol–water partition coefficient (Wildman–Crippen LogP) is 0.844. The topological polar surface area (TPSA) is 95.9 Å². The summed E-state index contributed by atoms with van der Waals surface area (Å²) in [5.74, 6) is -4.25. The Morgan fingerprint density at radius 2 is 2.00 bits per heavy atom. The van der Waals surface area contributed by atoms with Crippen molar-refractivity contribution < 1.29 is 33.0 Å². The third-order valence-electron chi connectivity index (χ3n) is 3.84. The van der Waals surface area contributed by atoms with Gasteiger partial charge in [-0.2, -0.15) is 0 Å². The molecular formula is C16H18F2N2O5. The van der Waals surface area contributed by atoms with Gasteiger partial charge >= 0.3 is 5.97 Å². The first kappa shape index (κ1) is 18.8. The fraction of sp³-hybridized carbons (Fsp3) is 0.438. The fourth-order valence-electron chi connectivity index (χ4n) is 2.71. The highest BCUT2D eigenvalue weighted by molar-refractivity contribution is 5.85. The maximum absolute atomic E-state index is 14.0. The van der Waals surface area contributed by atoms with Crippen LogP contribution in [0.25, 0.3) is 0 Å². The molecule has 1 aromatic carbocycles. The zero-order chi connectivity index (χ0) is 18.6. The van der Waals surface area contributed by atoms with E-state index in [1.807, 2.05) is 0 Å². The lowest BCUT2D eigenvalue weighted by atomic mass is 10.0. The van der Waals surface area contributed by atoms with Gasteiger partial charge in [0.2, 0.25) is 11.8 Å². The number of carbonyl (C=O) groups is 3. The van der Waals surface area contributed by atoms with Crippen molar-refractivity contribution in [3.63, 3.8) is 0 Å². The van der Waals surface area contributed by atoms with Gasteiger partial charge in [-0.15, -0.1) is 0 Å². The van der Waals surface area contributed by atoms with Gasteiger partial charge in [-0.05, 0) is 12.1 Å². The molecule has 2 atom stereocenters.